The Labute approximate surface area is 91.3 Å². The molecule has 0 spiro atoms. The second kappa shape index (κ2) is 6.74. The SMILES string of the molecule is COC(=O)[C@H](O)[C@H](O)[C@H](O)[C@H](O)[C@H](O)CO. The van der Waals surface area contributed by atoms with Crippen molar-refractivity contribution in [3.63, 3.8) is 0 Å². The van der Waals surface area contributed by atoms with Gasteiger partial charge in [0.15, 0.2) is 6.10 Å². The molecule has 8 nitrogen and oxygen atoms in total. The third-order valence-electron chi connectivity index (χ3n) is 2.05. The van der Waals surface area contributed by atoms with E-state index in [1.165, 1.54) is 0 Å². The van der Waals surface area contributed by atoms with Crippen molar-refractivity contribution < 1.29 is 40.2 Å². The molecule has 8 heteroatoms. The number of aliphatic hydroxyl groups excluding tert-OH is 6. The maximum Gasteiger partial charge on any atom is 0.337 e. The number of esters is 1. The molecule has 0 amide bonds. The monoisotopic (exact) mass is 240 g/mol. The second-order valence-electron chi connectivity index (χ2n) is 3.19. The minimum atomic E-state index is -2.06. The van der Waals surface area contributed by atoms with Crippen LogP contribution in [0.25, 0.3) is 0 Å². The highest BCUT2D eigenvalue weighted by Crippen LogP contribution is 2.09. The largest absolute Gasteiger partial charge is 0.467 e. The van der Waals surface area contributed by atoms with Crippen LogP contribution in [0.2, 0.25) is 0 Å². The first-order chi connectivity index (χ1) is 7.36. The molecule has 0 heterocycles. The number of carbonyl (C=O) groups is 1. The van der Waals surface area contributed by atoms with E-state index in [2.05, 4.69) is 4.74 Å². The molecule has 0 aliphatic carbocycles. The van der Waals surface area contributed by atoms with Gasteiger partial charge in [0.1, 0.15) is 24.4 Å². The summed E-state index contributed by atoms with van der Waals surface area (Å²) in [6.45, 7) is -0.848. The quantitative estimate of drug-likeness (QED) is 0.257. The first-order valence-electron chi connectivity index (χ1n) is 4.45. The fourth-order valence-corrected chi connectivity index (χ4v) is 0.985. The van der Waals surface area contributed by atoms with Gasteiger partial charge >= 0.3 is 5.97 Å². The zero-order valence-electron chi connectivity index (χ0n) is 8.59. The molecule has 0 aliphatic heterocycles. The van der Waals surface area contributed by atoms with Gasteiger partial charge in [-0.1, -0.05) is 0 Å². The Balaban J connectivity index is 4.47. The number of methoxy groups -OCH3 is 1. The van der Waals surface area contributed by atoms with Gasteiger partial charge in [0, 0.05) is 0 Å². The predicted octanol–water partition coefficient (Wildman–Crippen LogP) is -4.04. The molecular formula is C8H16O8. The maximum absolute atomic E-state index is 10.8. The second-order valence-corrected chi connectivity index (χ2v) is 3.19. The Kier molecular flexibility index (Phi) is 6.41. The van der Waals surface area contributed by atoms with E-state index in [4.69, 9.17) is 15.3 Å². The molecule has 16 heavy (non-hydrogen) atoms. The fraction of sp³-hybridized carbons (Fsp3) is 0.875. The zero-order valence-corrected chi connectivity index (χ0v) is 8.59. The van der Waals surface area contributed by atoms with E-state index >= 15 is 0 Å². The lowest BCUT2D eigenvalue weighted by molar-refractivity contribution is -0.172. The van der Waals surface area contributed by atoms with Crippen molar-refractivity contribution in [2.75, 3.05) is 13.7 Å². The highest BCUT2D eigenvalue weighted by Gasteiger charge is 2.37. The minimum Gasteiger partial charge on any atom is -0.467 e. The predicted molar refractivity (Wildman–Crippen MR) is 49.1 cm³/mol. The van der Waals surface area contributed by atoms with Gasteiger partial charge in [-0.25, -0.2) is 4.79 Å². The number of ether oxygens (including phenoxy) is 1. The summed E-state index contributed by atoms with van der Waals surface area (Å²) in [7, 11) is 0.962. The van der Waals surface area contributed by atoms with Crippen LogP contribution >= 0.6 is 0 Å². The molecule has 0 rings (SSSR count). The molecule has 0 saturated heterocycles. The molecule has 0 radical (unpaired) electrons. The van der Waals surface area contributed by atoms with E-state index in [1.54, 1.807) is 0 Å². The summed E-state index contributed by atoms with van der Waals surface area (Å²) >= 11 is 0. The molecule has 0 unspecified atom stereocenters. The number of carbonyl (C=O) groups excluding carboxylic acids is 1. The van der Waals surface area contributed by atoms with E-state index in [0.29, 0.717) is 0 Å². The molecule has 0 bridgehead atoms. The summed E-state index contributed by atoms with van der Waals surface area (Å²) in [5.41, 5.74) is 0. The summed E-state index contributed by atoms with van der Waals surface area (Å²) in [4.78, 5) is 10.8. The van der Waals surface area contributed by atoms with E-state index < -0.39 is 43.1 Å². The smallest absolute Gasteiger partial charge is 0.337 e. The average molecular weight is 240 g/mol. The highest BCUT2D eigenvalue weighted by atomic mass is 16.5. The van der Waals surface area contributed by atoms with Gasteiger partial charge in [-0.05, 0) is 0 Å². The van der Waals surface area contributed by atoms with Gasteiger partial charge in [0.05, 0.1) is 13.7 Å². The maximum atomic E-state index is 10.8. The number of aliphatic hydroxyl groups is 6. The van der Waals surface area contributed by atoms with E-state index in [1.807, 2.05) is 0 Å². The van der Waals surface area contributed by atoms with Crippen molar-refractivity contribution in [1.29, 1.82) is 0 Å². The van der Waals surface area contributed by atoms with Gasteiger partial charge in [0.2, 0.25) is 0 Å². The van der Waals surface area contributed by atoms with Crippen molar-refractivity contribution >= 4 is 5.97 Å². The van der Waals surface area contributed by atoms with Crippen LogP contribution in [0.4, 0.5) is 0 Å². The third kappa shape index (κ3) is 3.67. The van der Waals surface area contributed by atoms with Gasteiger partial charge in [-0.3, -0.25) is 0 Å². The standard InChI is InChI=1S/C8H16O8/c1-16-8(15)7(14)6(13)5(12)4(11)3(10)2-9/h3-7,9-14H,2H2,1H3/t3-,4-,5-,6-,7-/m1/s1. The van der Waals surface area contributed by atoms with Crippen LogP contribution < -0.4 is 0 Å². The van der Waals surface area contributed by atoms with E-state index in [-0.39, 0.29) is 0 Å². The molecule has 0 aromatic heterocycles. The van der Waals surface area contributed by atoms with Crippen LogP contribution in [0.3, 0.4) is 0 Å². The molecule has 96 valence electrons. The van der Waals surface area contributed by atoms with Crippen molar-refractivity contribution in [1.82, 2.24) is 0 Å². The zero-order chi connectivity index (χ0) is 12.9. The number of rotatable bonds is 6. The van der Waals surface area contributed by atoms with Gasteiger partial charge in [-0.15, -0.1) is 0 Å². The van der Waals surface area contributed by atoms with Crippen LogP contribution in [0.15, 0.2) is 0 Å². The molecule has 0 aromatic rings. The first-order valence-corrected chi connectivity index (χ1v) is 4.45. The lowest BCUT2D eigenvalue weighted by Crippen LogP contribution is -2.52. The molecule has 0 aliphatic rings. The highest BCUT2D eigenvalue weighted by molar-refractivity contribution is 5.75. The number of hydrogen-bond acceptors (Lipinski definition) is 8. The Hall–Kier alpha value is -0.770. The first kappa shape index (κ1) is 15.2. The topological polar surface area (TPSA) is 148 Å². The van der Waals surface area contributed by atoms with Crippen molar-refractivity contribution in [2.45, 2.75) is 30.5 Å². The lowest BCUT2D eigenvalue weighted by atomic mass is 9.99. The third-order valence-corrected chi connectivity index (χ3v) is 2.05. The summed E-state index contributed by atoms with van der Waals surface area (Å²) < 4.78 is 4.10. The average Bonchev–Trinajstić information content (AvgIpc) is 2.32. The Morgan fingerprint density at radius 3 is 1.94 bits per heavy atom. The summed E-state index contributed by atoms with van der Waals surface area (Å²) in [5, 5.41) is 54.2. The summed E-state index contributed by atoms with van der Waals surface area (Å²) in [6, 6.07) is 0. The lowest BCUT2D eigenvalue weighted by Gasteiger charge is -2.27. The normalized spacial score (nSPS) is 20.7. The van der Waals surface area contributed by atoms with Gasteiger partial charge in [0.25, 0.3) is 0 Å². The van der Waals surface area contributed by atoms with Crippen molar-refractivity contribution in [3.8, 4) is 0 Å². The Morgan fingerprint density at radius 1 is 1.06 bits per heavy atom. The van der Waals surface area contributed by atoms with E-state index in [0.717, 1.165) is 7.11 Å². The van der Waals surface area contributed by atoms with Gasteiger partial charge < -0.3 is 35.4 Å². The van der Waals surface area contributed by atoms with E-state index in [9.17, 15) is 20.1 Å². The number of hydrogen-bond donors (Lipinski definition) is 6. The molecule has 0 saturated carbocycles. The van der Waals surface area contributed by atoms with Gasteiger partial charge in [-0.2, -0.15) is 0 Å². The molecule has 0 fully saturated rings. The minimum absolute atomic E-state index is 0.848. The summed E-state index contributed by atoms with van der Waals surface area (Å²) in [6.07, 6.45) is -9.70. The van der Waals surface area contributed by atoms with Crippen LogP contribution in [0.5, 0.6) is 0 Å². The van der Waals surface area contributed by atoms with Crippen molar-refractivity contribution in [2.24, 2.45) is 0 Å². The molecular weight excluding hydrogens is 224 g/mol. The molecule has 5 atom stereocenters. The van der Waals surface area contributed by atoms with Crippen LogP contribution in [-0.2, 0) is 9.53 Å². The Bertz CT molecular complexity index is 220. The summed E-state index contributed by atoms with van der Waals surface area (Å²) in [5.74, 6) is -1.20. The molecule has 6 N–H and O–H groups in total. The van der Waals surface area contributed by atoms with Crippen LogP contribution in [-0.4, -0.2) is 80.8 Å². The van der Waals surface area contributed by atoms with Crippen molar-refractivity contribution in [3.05, 3.63) is 0 Å². The molecule has 0 aromatic carbocycles. The Morgan fingerprint density at radius 2 is 1.56 bits per heavy atom. The van der Waals surface area contributed by atoms with Crippen LogP contribution in [0, 0.1) is 0 Å². The van der Waals surface area contributed by atoms with Crippen LogP contribution in [0.1, 0.15) is 0 Å². The fourth-order valence-electron chi connectivity index (χ4n) is 0.985.